The first-order chi connectivity index (χ1) is 49.2. The minimum atomic E-state index is -4.96. The van der Waals surface area contributed by atoms with Crippen LogP contribution in [0, 0.1) is 17.8 Å². The first-order valence-corrected chi connectivity index (χ1v) is 45.8. The molecule has 19 heteroatoms. The Bertz CT molecular complexity index is 1970. The maximum absolute atomic E-state index is 13.1. The highest BCUT2D eigenvalue weighted by Gasteiger charge is 2.30. The summed E-state index contributed by atoms with van der Waals surface area (Å²) in [6, 6.07) is 0. The third kappa shape index (κ3) is 76.3. The molecule has 3 N–H and O–H groups in total. The molecule has 0 aliphatic carbocycles. The quantitative estimate of drug-likeness (QED) is 0.0222. The fourth-order valence-electron chi connectivity index (χ4n) is 12.8. The summed E-state index contributed by atoms with van der Waals surface area (Å²) in [7, 11) is -9.92. The number of carbonyl (C=O) groups excluding carboxylic acids is 4. The van der Waals surface area contributed by atoms with E-state index in [-0.39, 0.29) is 25.7 Å². The molecule has 0 aromatic carbocycles. The van der Waals surface area contributed by atoms with Crippen LogP contribution in [-0.4, -0.2) is 96.7 Å². The number of aliphatic hydroxyl groups is 1. The highest BCUT2D eigenvalue weighted by Crippen LogP contribution is 2.45. The molecule has 102 heavy (non-hydrogen) atoms. The minimum absolute atomic E-state index is 0.107. The van der Waals surface area contributed by atoms with Crippen molar-refractivity contribution in [2.75, 3.05) is 39.6 Å². The van der Waals surface area contributed by atoms with Crippen LogP contribution in [0.3, 0.4) is 0 Å². The highest BCUT2D eigenvalue weighted by molar-refractivity contribution is 7.47. The largest absolute Gasteiger partial charge is 0.472 e. The van der Waals surface area contributed by atoms with Gasteiger partial charge in [0.2, 0.25) is 0 Å². The smallest absolute Gasteiger partial charge is 0.462 e. The van der Waals surface area contributed by atoms with E-state index in [0.29, 0.717) is 25.7 Å². The van der Waals surface area contributed by atoms with E-state index in [1.807, 2.05) is 0 Å². The maximum atomic E-state index is 13.1. The summed E-state index contributed by atoms with van der Waals surface area (Å²) in [6.07, 6.45) is 62.5. The first kappa shape index (κ1) is 100. The van der Waals surface area contributed by atoms with Gasteiger partial charge in [-0.3, -0.25) is 37.3 Å². The van der Waals surface area contributed by atoms with Gasteiger partial charge >= 0.3 is 39.5 Å². The number of carbonyl (C=O) groups is 4. The highest BCUT2D eigenvalue weighted by atomic mass is 31.2. The molecule has 0 aromatic rings. The summed E-state index contributed by atoms with van der Waals surface area (Å²) in [5, 5.41) is 10.6. The van der Waals surface area contributed by atoms with Gasteiger partial charge in [-0.25, -0.2) is 9.13 Å². The Kier molecular flexibility index (Phi) is 71.8. The van der Waals surface area contributed by atoms with Gasteiger partial charge < -0.3 is 33.8 Å². The Morgan fingerprint density at radius 3 is 0.667 bits per heavy atom. The number of phosphoric acid groups is 2. The van der Waals surface area contributed by atoms with Gasteiger partial charge in [0.15, 0.2) is 12.2 Å². The number of aliphatic hydroxyl groups excluding tert-OH is 1. The van der Waals surface area contributed by atoms with Gasteiger partial charge in [0.1, 0.15) is 19.3 Å². The fraction of sp³-hybridized carbons (Fsp3) is 0.952. The molecule has 0 spiro atoms. The van der Waals surface area contributed by atoms with Gasteiger partial charge in [-0.2, -0.15) is 0 Å². The second-order valence-electron chi connectivity index (χ2n) is 31.3. The van der Waals surface area contributed by atoms with Gasteiger partial charge in [0, 0.05) is 25.7 Å². The van der Waals surface area contributed by atoms with E-state index in [9.17, 15) is 43.2 Å². The second kappa shape index (κ2) is 73.2. The number of esters is 4. The lowest BCUT2D eigenvalue weighted by Crippen LogP contribution is -2.30. The number of phosphoric ester groups is 2. The van der Waals surface area contributed by atoms with Crippen LogP contribution < -0.4 is 0 Å². The Balaban J connectivity index is 5.22. The Hall–Kier alpha value is -1.94. The fourth-order valence-corrected chi connectivity index (χ4v) is 14.4. The SMILES string of the molecule is CCCCCCCCCCCCCCC(=O)O[C@H](COC(=O)CCCCCCCCCCC(C)C)COP(=O)(O)OC[C@H](O)COP(=O)(O)OC[C@@H](COC(=O)CCCCCCCCCCCCCCCCCC(C)C)OC(=O)CCCCCCCCCCCCCCCCCCCCC(C)C. The monoisotopic (exact) mass is 1490 g/mol. The van der Waals surface area contributed by atoms with Crippen molar-refractivity contribution in [3.05, 3.63) is 0 Å². The normalized spacial score (nSPS) is 13.9. The second-order valence-corrected chi connectivity index (χ2v) is 34.2. The summed E-state index contributed by atoms with van der Waals surface area (Å²) in [6.45, 7) is 12.0. The van der Waals surface area contributed by atoms with Crippen LogP contribution in [0.1, 0.15) is 434 Å². The van der Waals surface area contributed by atoms with Crippen LogP contribution in [-0.2, 0) is 65.4 Å². The van der Waals surface area contributed by atoms with Crippen LogP contribution in [0.2, 0.25) is 0 Å². The van der Waals surface area contributed by atoms with Gasteiger partial charge in [-0.15, -0.1) is 0 Å². The van der Waals surface area contributed by atoms with Crippen LogP contribution >= 0.6 is 15.6 Å². The lowest BCUT2D eigenvalue weighted by Gasteiger charge is -2.21. The lowest BCUT2D eigenvalue weighted by molar-refractivity contribution is -0.161. The molecule has 17 nitrogen and oxygen atoms in total. The van der Waals surface area contributed by atoms with Crippen molar-refractivity contribution in [2.24, 2.45) is 17.8 Å². The minimum Gasteiger partial charge on any atom is -0.462 e. The zero-order valence-electron chi connectivity index (χ0n) is 67.1. The van der Waals surface area contributed by atoms with E-state index in [2.05, 4.69) is 48.5 Å². The first-order valence-electron chi connectivity index (χ1n) is 42.8. The van der Waals surface area contributed by atoms with E-state index >= 15 is 0 Å². The molecular formula is C83H162O17P2. The molecule has 0 aromatic heterocycles. The Morgan fingerprint density at radius 2 is 0.451 bits per heavy atom. The standard InChI is InChI=1S/C83H162O17P2/c1-8-9-10-11-12-13-14-30-36-45-52-59-66-82(87)100-79(71-94-81(86)65-58-51-44-39-38-42-49-56-63-76(6)7)73-98-102(91,92)96-69-77(84)68-95-101(89,90)97-72-78(70-93-80(85)64-57-50-43-35-31-26-23-19-21-25-29-34-41-48-55-62-75(4)5)99-83(88)67-60-53-46-37-32-27-22-18-16-15-17-20-24-28-33-40-47-54-61-74(2)3/h74-79,84H,8-73H2,1-7H3,(H,89,90)(H,91,92)/t77-,78-,79-/m1/s1. The molecule has 0 saturated carbocycles. The zero-order chi connectivity index (χ0) is 75.1. The van der Waals surface area contributed by atoms with E-state index in [0.717, 1.165) is 108 Å². The van der Waals surface area contributed by atoms with Crippen molar-refractivity contribution in [3.63, 3.8) is 0 Å². The molecule has 0 rings (SSSR count). The lowest BCUT2D eigenvalue weighted by atomic mass is 10.0. The third-order valence-electron chi connectivity index (χ3n) is 19.4. The molecule has 2 unspecified atom stereocenters. The van der Waals surface area contributed by atoms with E-state index in [1.54, 1.807) is 0 Å². The van der Waals surface area contributed by atoms with Gasteiger partial charge in [-0.1, -0.05) is 382 Å². The van der Waals surface area contributed by atoms with Gasteiger partial charge in [-0.05, 0) is 43.4 Å². The summed E-state index contributed by atoms with van der Waals surface area (Å²) < 4.78 is 68.8. The van der Waals surface area contributed by atoms with Crippen LogP contribution in [0.15, 0.2) is 0 Å². The number of hydrogen-bond acceptors (Lipinski definition) is 15. The average molecular weight is 1490 g/mol. The molecule has 0 aliphatic heterocycles. The van der Waals surface area contributed by atoms with Crippen LogP contribution in [0.25, 0.3) is 0 Å². The number of ether oxygens (including phenoxy) is 4. The molecule has 0 radical (unpaired) electrons. The third-order valence-corrected chi connectivity index (χ3v) is 21.3. The zero-order valence-corrected chi connectivity index (χ0v) is 68.9. The molecule has 606 valence electrons. The van der Waals surface area contributed by atoms with Crippen molar-refractivity contribution >= 4 is 39.5 Å². The van der Waals surface area contributed by atoms with Crippen molar-refractivity contribution in [1.29, 1.82) is 0 Å². The summed E-state index contributed by atoms with van der Waals surface area (Å²) in [5.74, 6) is 0.245. The molecule has 5 atom stereocenters. The van der Waals surface area contributed by atoms with Crippen molar-refractivity contribution < 1.29 is 80.2 Å². The summed E-state index contributed by atoms with van der Waals surface area (Å²) in [5.41, 5.74) is 0. The number of hydrogen-bond donors (Lipinski definition) is 3. The van der Waals surface area contributed by atoms with Crippen molar-refractivity contribution in [3.8, 4) is 0 Å². The summed E-state index contributed by atoms with van der Waals surface area (Å²) in [4.78, 5) is 73.1. The van der Waals surface area contributed by atoms with Gasteiger partial charge in [0.25, 0.3) is 0 Å². The molecule has 0 heterocycles. The molecule has 0 fully saturated rings. The maximum Gasteiger partial charge on any atom is 0.472 e. The Labute approximate surface area is 626 Å². The molecular weight excluding hydrogens is 1330 g/mol. The predicted molar refractivity (Wildman–Crippen MR) is 418 cm³/mol. The van der Waals surface area contributed by atoms with Crippen LogP contribution in [0.4, 0.5) is 0 Å². The number of unbranched alkanes of at least 4 members (excludes halogenated alkanes) is 49. The van der Waals surface area contributed by atoms with E-state index in [1.165, 1.54) is 244 Å². The van der Waals surface area contributed by atoms with Crippen LogP contribution in [0.5, 0.6) is 0 Å². The number of rotatable bonds is 81. The average Bonchev–Trinajstić information content (AvgIpc) is 0.909. The molecule has 0 aliphatic rings. The van der Waals surface area contributed by atoms with Crippen molar-refractivity contribution in [1.82, 2.24) is 0 Å². The van der Waals surface area contributed by atoms with Crippen molar-refractivity contribution in [2.45, 2.75) is 452 Å². The predicted octanol–water partition coefficient (Wildman–Crippen LogP) is 24.9. The summed E-state index contributed by atoms with van der Waals surface area (Å²) >= 11 is 0. The molecule has 0 saturated heterocycles. The topological polar surface area (TPSA) is 237 Å². The van der Waals surface area contributed by atoms with E-state index in [4.69, 9.17) is 37.0 Å². The molecule has 0 bridgehead atoms. The van der Waals surface area contributed by atoms with E-state index < -0.39 is 97.5 Å². The Morgan fingerprint density at radius 1 is 0.265 bits per heavy atom. The molecule has 0 amide bonds. The van der Waals surface area contributed by atoms with Gasteiger partial charge in [0.05, 0.1) is 26.4 Å².